The number of hydrogen-bond donors (Lipinski definition) is 1. The Hall–Kier alpha value is 0.640. The predicted octanol–water partition coefficient (Wildman–Crippen LogP) is 4.50. The molecule has 2 rings (SSSR count). The highest BCUT2D eigenvalue weighted by Crippen LogP contribution is 2.41. The van der Waals surface area contributed by atoms with E-state index in [1.54, 1.807) is 0 Å². The number of ether oxygens (including phenoxy) is 1. The van der Waals surface area contributed by atoms with Gasteiger partial charge in [-0.2, -0.15) is 0 Å². The molecule has 0 amide bonds. The van der Waals surface area contributed by atoms with Gasteiger partial charge in [-0.15, -0.1) is 0 Å². The van der Waals surface area contributed by atoms with Gasteiger partial charge in [-0.3, -0.25) is 4.90 Å². The first kappa shape index (κ1) is 20.0. The first-order chi connectivity index (χ1) is 10.4. The first-order valence-corrected chi connectivity index (χ1v) is 10.5. The second kappa shape index (κ2) is 6.75. The van der Waals surface area contributed by atoms with Crippen molar-refractivity contribution in [2.45, 2.75) is 51.3 Å². The zero-order valence-electron chi connectivity index (χ0n) is 13.8. The molecular formula is C16H21I3N2O2. The number of likely N-dealkylation sites (tertiary alicyclic amines) is 1. The van der Waals surface area contributed by atoms with Crippen LogP contribution in [0.5, 0.6) is 0 Å². The number of nitrogen functional groups attached to an aromatic ring is 1. The Bertz CT molecular complexity index is 659. The summed E-state index contributed by atoms with van der Waals surface area (Å²) in [5, 5.41) is 0. The van der Waals surface area contributed by atoms with Gasteiger partial charge in [0, 0.05) is 19.1 Å². The molecule has 128 valence electrons. The van der Waals surface area contributed by atoms with Crippen molar-refractivity contribution >= 4 is 79.4 Å². The summed E-state index contributed by atoms with van der Waals surface area (Å²) in [6, 6.07) is 1.92. The van der Waals surface area contributed by atoms with Gasteiger partial charge in [-0.1, -0.05) is 0 Å². The highest BCUT2D eigenvalue weighted by atomic mass is 127. The van der Waals surface area contributed by atoms with E-state index >= 15 is 0 Å². The number of nitrogens with zero attached hydrogens (tertiary/aromatic N) is 1. The SMILES string of the molecule is CN1C(C)(C)CC(OC(=O)c2c(I)cc(I)c(N)c2I)C1(C)C. The van der Waals surface area contributed by atoms with Crippen LogP contribution in [0, 0.1) is 10.7 Å². The van der Waals surface area contributed by atoms with Gasteiger partial charge in [0.2, 0.25) is 0 Å². The quantitative estimate of drug-likeness (QED) is 0.290. The minimum absolute atomic E-state index is 0.000149. The minimum Gasteiger partial charge on any atom is -0.457 e. The number of nitrogens with two attached hydrogens (primary N) is 1. The third kappa shape index (κ3) is 3.62. The van der Waals surface area contributed by atoms with Gasteiger partial charge in [0.05, 0.1) is 20.4 Å². The molecule has 23 heavy (non-hydrogen) atoms. The fraction of sp³-hybridized carbons (Fsp3) is 0.562. The highest BCUT2D eigenvalue weighted by molar-refractivity contribution is 14.1. The van der Waals surface area contributed by atoms with Gasteiger partial charge >= 0.3 is 5.97 Å². The minimum atomic E-state index is -0.286. The highest BCUT2D eigenvalue weighted by Gasteiger charge is 2.51. The number of esters is 1. The van der Waals surface area contributed by atoms with E-state index in [1.165, 1.54) is 0 Å². The maximum Gasteiger partial charge on any atom is 0.340 e. The Morgan fingerprint density at radius 1 is 1.26 bits per heavy atom. The molecule has 0 bridgehead atoms. The summed E-state index contributed by atoms with van der Waals surface area (Å²) in [5.41, 5.74) is 7.09. The Kier molecular flexibility index (Phi) is 5.85. The van der Waals surface area contributed by atoms with Crippen LogP contribution in [-0.4, -0.2) is 35.1 Å². The second-order valence-electron chi connectivity index (χ2n) is 7.07. The molecule has 1 aromatic rings. The van der Waals surface area contributed by atoms with Crippen LogP contribution >= 0.6 is 67.8 Å². The molecule has 7 heteroatoms. The maximum absolute atomic E-state index is 12.8. The molecule has 0 saturated carbocycles. The summed E-state index contributed by atoms with van der Waals surface area (Å²) in [6.07, 6.45) is 0.664. The van der Waals surface area contributed by atoms with Gasteiger partial charge in [0.15, 0.2) is 0 Å². The van der Waals surface area contributed by atoms with E-state index in [9.17, 15) is 4.79 Å². The van der Waals surface area contributed by atoms with Crippen LogP contribution in [-0.2, 0) is 4.74 Å². The smallest absolute Gasteiger partial charge is 0.340 e. The number of carbonyl (C=O) groups excluding carboxylic acids is 1. The zero-order chi connectivity index (χ0) is 17.7. The van der Waals surface area contributed by atoms with E-state index in [1.807, 2.05) is 6.07 Å². The lowest BCUT2D eigenvalue weighted by atomic mass is 9.97. The molecule has 1 heterocycles. The monoisotopic (exact) mass is 654 g/mol. The Morgan fingerprint density at radius 3 is 2.30 bits per heavy atom. The Balaban J connectivity index is 2.33. The van der Waals surface area contributed by atoms with Gasteiger partial charge < -0.3 is 10.5 Å². The molecule has 0 radical (unpaired) electrons. The first-order valence-electron chi connectivity index (χ1n) is 7.27. The second-order valence-corrected chi connectivity index (χ2v) is 10.5. The van der Waals surface area contributed by atoms with Crippen molar-refractivity contribution in [2.75, 3.05) is 12.8 Å². The lowest BCUT2D eigenvalue weighted by Gasteiger charge is -2.37. The number of halogens is 3. The molecule has 1 fully saturated rings. The molecule has 0 aliphatic carbocycles. The number of carbonyl (C=O) groups is 1. The van der Waals surface area contributed by atoms with Crippen molar-refractivity contribution in [1.82, 2.24) is 4.90 Å². The molecule has 1 unspecified atom stereocenters. The fourth-order valence-electron chi connectivity index (χ4n) is 3.00. The molecule has 1 aliphatic heterocycles. The number of hydrogen-bond acceptors (Lipinski definition) is 4. The van der Waals surface area contributed by atoms with E-state index in [4.69, 9.17) is 10.5 Å². The van der Waals surface area contributed by atoms with E-state index in [0.29, 0.717) is 11.3 Å². The summed E-state index contributed by atoms with van der Waals surface area (Å²) >= 11 is 6.49. The molecule has 1 saturated heterocycles. The van der Waals surface area contributed by atoms with Crippen LogP contribution in [0.1, 0.15) is 44.5 Å². The molecule has 4 nitrogen and oxygen atoms in total. The van der Waals surface area contributed by atoms with Crippen molar-refractivity contribution in [3.8, 4) is 0 Å². The predicted molar refractivity (Wildman–Crippen MR) is 119 cm³/mol. The van der Waals surface area contributed by atoms with Gasteiger partial charge in [0.1, 0.15) is 6.10 Å². The molecule has 1 aromatic carbocycles. The van der Waals surface area contributed by atoms with Gasteiger partial charge in [-0.25, -0.2) is 4.79 Å². The lowest BCUT2D eigenvalue weighted by Crippen LogP contribution is -2.48. The summed E-state index contributed by atoms with van der Waals surface area (Å²) in [5.74, 6) is -0.286. The van der Waals surface area contributed by atoms with Crippen LogP contribution in [0.15, 0.2) is 6.07 Å². The molecule has 1 atom stereocenters. The third-order valence-corrected chi connectivity index (χ3v) is 7.77. The van der Waals surface area contributed by atoms with Crippen molar-refractivity contribution < 1.29 is 9.53 Å². The van der Waals surface area contributed by atoms with Crippen LogP contribution in [0.25, 0.3) is 0 Å². The maximum atomic E-state index is 12.8. The largest absolute Gasteiger partial charge is 0.457 e. The average molecular weight is 654 g/mol. The molecule has 0 spiro atoms. The number of anilines is 1. The Labute approximate surface area is 178 Å². The summed E-state index contributed by atoms with van der Waals surface area (Å²) in [4.78, 5) is 15.1. The lowest BCUT2D eigenvalue weighted by molar-refractivity contribution is 0.00137. The molecule has 0 aromatic heterocycles. The van der Waals surface area contributed by atoms with Gasteiger partial charge in [0.25, 0.3) is 0 Å². The van der Waals surface area contributed by atoms with Crippen LogP contribution in [0.2, 0.25) is 0 Å². The van der Waals surface area contributed by atoms with Crippen molar-refractivity contribution in [3.05, 3.63) is 22.3 Å². The van der Waals surface area contributed by atoms with Crippen molar-refractivity contribution in [2.24, 2.45) is 0 Å². The standard InChI is InChI=1S/C16H21I3N2O2/c1-15(2)7-10(16(3,4)21(15)5)23-14(22)11-8(17)6-9(18)13(20)12(11)19/h6,10H,7,20H2,1-5H3. The van der Waals surface area contributed by atoms with Crippen LogP contribution < -0.4 is 5.73 Å². The van der Waals surface area contributed by atoms with Crippen LogP contribution in [0.4, 0.5) is 5.69 Å². The molecule has 1 aliphatic rings. The number of benzene rings is 1. The van der Waals surface area contributed by atoms with E-state index in [2.05, 4.69) is 107 Å². The fourth-order valence-corrected chi connectivity index (χ4v) is 6.81. The third-order valence-electron chi connectivity index (χ3n) is 4.90. The normalized spacial score (nSPS) is 23.0. The molecular weight excluding hydrogens is 633 g/mol. The topological polar surface area (TPSA) is 55.6 Å². The number of rotatable bonds is 2. The summed E-state index contributed by atoms with van der Waals surface area (Å²) < 4.78 is 8.53. The van der Waals surface area contributed by atoms with Crippen LogP contribution in [0.3, 0.4) is 0 Å². The zero-order valence-corrected chi connectivity index (χ0v) is 20.3. The van der Waals surface area contributed by atoms with E-state index in [-0.39, 0.29) is 23.2 Å². The number of likely N-dealkylation sites (N-methyl/N-ethyl adjacent to an activating group) is 1. The summed E-state index contributed by atoms with van der Waals surface area (Å²) in [6.45, 7) is 8.60. The molecule has 2 N–H and O–H groups in total. The Morgan fingerprint density at radius 2 is 1.83 bits per heavy atom. The average Bonchev–Trinajstić information content (AvgIpc) is 2.56. The van der Waals surface area contributed by atoms with Crippen molar-refractivity contribution in [1.29, 1.82) is 0 Å². The summed E-state index contributed by atoms with van der Waals surface area (Å²) in [7, 11) is 2.09. The van der Waals surface area contributed by atoms with E-state index < -0.39 is 0 Å². The van der Waals surface area contributed by atoms with E-state index in [0.717, 1.165) is 17.1 Å². The van der Waals surface area contributed by atoms with Gasteiger partial charge in [-0.05, 0) is 109 Å². The van der Waals surface area contributed by atoms with Crippen molar-refractivity contribution in [3.63, 3.8) is 0 Å².